The third-order valence-electron chi connectivity index (χ3n) is 3.22. The average molecular weight is 334 g/mol. The Morgan fingerprint density at radius 1 is 1.43 bits per heavy atom. The van der Waals surface area contributed by atoms with Crippen LogP contribution in [0.15, 0.2) is 4.34 Å². The molecule has 2 N–H and O–H groups in total. The molecular formula is C10H14N4O5S2. The number of anilines is 1. The van der Waals surface area contributed by atoms with Crippen molar-refractivity contribution in [2.75, 3.05) is 18.4 Å². The molecule has 1 atom stereocenters. The van der Waals surface area contributed by atoms with Gasteiger partial charge < -0.3 is 10.4 Å². The number of carboxylic acid groups (broad SMARTS) is 1. The Hall–Kier alpha value is -1.59. The molecule has 1 aromatic rings. The summed E-state index contributed by atoms with van der Waals surface area (Å²) < 4.78 is 25.4. The summed E-state index contributed by atoms with van der Waals surface area (Å²) in [6, 6.07) is 0. The van der Waals surface area contributed by atoms with Crippen molar-refractivity contribution in [2.24, 2.45) is 11.8 Å². The highest BCUT2D eigenvalue weighted by molar-refractivity contribution is 7.91. The lowest BCUT2D eigenvalue weighted by Crippen LogP contribution is -2.53. The fraction of sp³-hybridized carbons (Fsp3) is 0.600. The van der Waals surface area contributed by atoms with Crippen LogP contribution in [-0.4, -0.2) is 53.0 Å². The molecule has 1 aliphatic rings. The molecule has 2 heterocycles. The normalized spacial score (nSPS) is 18.0. The van der Waals surface area contributed by atoms with Gasteiger partial charge in [0.15, 0.2) is 0 Å². The van der Waals surface area contributed by atoms with Crippen molar-refractivity contribution in [3.8, 4) is 0 Å². The second kappa shape index (κ2) is 5.66. The Morgan fingerprint density at radius 3 is 2.57 bits per heavy atom. The van der Waals surface area contributed by atoms with Gasteiger partial charge in [0.25, 0.3) is 10.0 Å². The summed E-state index contributed by atoms with van der Waals surface area (Å²) >= 11 is 0.762. The number of nitrogens with zero attached hydrogens (tertiary/aromatic N) is 3. The van der Waals surface area contributed by atoms with Crippen LogP contribution >= 0.6 is 11.3 Å². The number of nitrogens with one attached hydrogen (secondary N) is 1. The SMILES string of the molecule is CC(=O)Nc1nnc(S(=O)(=O)N2CC(C(C)C(=O)O)C2)s1. The van der Waals surface area contributed by atoms with E-state index in [4.69, 9.17) is 5.11 Å². The van der Waals surface area contributed by atoms with Gasteiger partial charge in [0.05, 0.1) is 5.92 Å². The molecule has 2 rings (SSSR count). The van der Waals surface area contributed by atoms with E-state index in [1.54, 1.807) is 6.92 Å². The molecule has 0 aromatic carbocycles. The Balaban J connectivity index is 2.05. The van der Waals surface area contributed by atoms with E-state index < -0.39 is 21.9 Å². The van der Waals surface area contributed by atoms with E-state index >= 15 is 0 Å². The molecule has 0 spiro atoms. The van der Waals surface area contributed by atoms with Gasteiger partial charge in [-0.3, -0.25) is 9.59 Å². The highest BCUT2D eigenvalue weighted by atomic mass is 32.2. The van der Waals surface area contributed by atoms with Crippen LogP contribution in [0.2, 0.25) is 0 Å². The number of carbonyl (C=O) groups is 2. The van der Waals surface area contributed by atoms with Gasteiger partial charge in [-0.2, -0.15) is 4.31 Å². The number of sulfonamides is 1. The monoisotopic (exact) mass is 334 g/mol. The summed E-state index contributed by atoms with van der Waals surface area (Å²) in [5.74, 6) is -2.11. The van der Waals surface area contributed by atoms with Crippen molar-refractivity contribution in [3.63, 3.8) is 0 Å². The fourth-order valence-corrected chi connectivity index (χ4v) is 4.45. The Bertz CT molecular complexity index is 665. The highest BCUT2D eigenvalue weighted by Crippen LogP contribution is 2.31. The summed E-state index contributed by atoms with van der Waals surface area (Å²) in [4.78, 5) is 21.7. The Labute approximate surface area is 125 Å². The first-order chi connectivity index (χ1) is 9.71. The minimum atomic E-state index is -3.78. The van der Waals surface area contributed by atoms with Crippen LogP contribution in [0.4, 0.5) is 5.13 Å². The van der Waals surface area contributed by atoms with Gasteiger partial charge in [0.2, 0.25) is 15.4 Å². The summed E-state index contributed by atoms with van der Waals surface area (Å²) in [5.41, 5.74) is 0. The van der Waals surface area contributed by atoms with Crippen molar-refractivity contribution in [1.29, 1.82) is 0 Å². The average Bonchev–Trinajstić information content (AvgIpc) is 2.74. The van der Waals surface area contributed by atoms with Crippen LogP contribution in [0.25, 0.3) is 0 Å². The zero-order chi connectivity index (χ0) is 15.8. The lowest BCUT2D eigenvalue weighted by Gasteiger charge is -2.39. The second-order valence-corrected chi connectivity index (χ2v) is 7.85. The van der Waals surface area contributed by atoms with Crippen molar-refractivity contribution in [2.45, 2.75) is 18.2 Å². The van der Waals surface area contributed by atoms with Crippen LogP contribution in [0.3, 0.4) is 0 Å². The molecule has 1 saturated heterocycles. The number of amides is 1. The van der Waals surface area contributed by atoms with Gasteiger partial charge in [0.1, 0.15) is 0 Å². The van der Waals surface area contributed by atoms with E-state index in [1.165, 1.54) is 6.92 Å². The van der Waals surface area contributed by atoms with Gasteiger partial charge >= 0.3 is 5.97 Å². The third-order valence-corrected chi connectivity index (χ3v) is 6.24. The molecule has 11 heteroatoms. The maximum atomic E-state index is 12.2. The maximum absolute atomic E-state index is 12.2. The summed E-state index contributed by atoms with van der Waals surface area (Å²) in [6.45, 7) is 3.12. The quantitative estimate of drug-likeness (QED) is 0.715. The number of aliphatic carboxylic acids is 1. The smallest absolute Gasteiger partial charge is 0.306 e. The molecule has 1 aromatic heterocycles. The van der Waals surface area contributed by atoms with Gasteiger partial charge in [-0.25, -0.2) is 8.42 Å². The topological polar surface area (TPSA) is 130 Å². The fourth-order valence-electron chi connectivity index (χ4n) is 1.81. The van der Waals surface area contributed by atoms with E-state index in [-0.39, 0.29) is 34.4 Å². The minimum Gasteiger partial charge on any atom is -0.481 e. The molecular weight excluding hydrogens is 320 g/mol. The predicted molar refractivity (Wildman–Crippen MR) is 73.3 cm³/mol. The molecule has 0 radical (unpaired) electrons. The van der Waals surface area contributed by atoms with Gasteiger partial charge in [-0.15, -0.1) is 10.2 Å². The predicted octanol–water partition coefficient (Wildman–Crippen LogP) is -0.162. The molecule has 1 fully saturated rings. The first-order valence-electron chi connectivity index (χ1n) is 6.06. The zero-order valence-corrected chi connectivity index (χ0v) is 12.9. The molecule has 0 aliphatic carbocycles. The molecule has 1 aliphatic heterocycles. The lowest BCUT2D eigenvalue weighted by molar-refractivity contribution is -0.144. The number of hydrogen-bond donors (Lipinski definition) is 2. The first-order valence-corrected chi connectivity index (χ1v) is 8.31. The molecule has 1 amide bonds. The van der Waals surface area contributed by atoms with E-state index in [2.05, 4.69) is 15.5 Å². The number of aromatic nitrogens is 2. The Morgan fingerprint density at radius 2 is 2.05 bits per heavy atom. The lowest BCUT2D eigenvalue weighted by atomic mass is 9.89. The second-order valence-electron chi connectivity index (χ2n) is 4.76. The molecule has 116 valence electrons. The van der Waals surface area contributed by atoms with Crippen molar-refractivity contribution < 1.29 is 23.1 Å². The van der Waals surface area contributed by atoms with Crippen LogP contribution < -0.4 is 5.32 Å². The summed E-state index contributed by atoms with van der Waals surface area (Å²) in [6.07, 6.45) is 0. The molecule has 0 bridgehead atoms. The minimum absolute atomic E-state index is 0.108. The van der Waals surface area contributed by atoms with Gasteiger partial charge in [-0.05, 0) is 5.92 Å². The largest absolute Gasteiger partial charge is 0.481 e. The number of rotatable bonds is 5. The number of carboxylic acids is 1. The molecule has 0 saturated carbocycles. The van der Waals surface area contributed by atoms with Gasteiger partial charge in [0, 0.05) is 20.0 Å². The van der Waals surface area contributed by atoms with Crippen molar-refractivity contribution in [1.82, 2.24) is 14.5 Å². The van der Waals surface area contributed by atoms with E-state index in [0.717, 1.165) is 15.6 Å². The zero-order valence-electron chi connectivity index (χ0n) is 11.3. The Kier molecular flexibility index (Phi) is 4.25. The van der Waals surface area contributed by atoms with Gasteiger partial charge in [-0.1, -0.05) is 18.3 Å². The molecule has 9 nitrogen and oxygen atoms in total. The van der Waals surface area contributed by atoms with Crippen LogP contribution in [0, 0.1) is 11.8 Å². The molecule has 21 heavy (non-hydrogen) atoms. The first kappa shape index (κ1) is 15.8. The van der Waals surface area contributed by atoms with E-state index in [9.17, 15) is 18.0 Å². The standard InChI is InChI=1S/C10H14N4O5S2/c1-5(8(16)17)7-3-14(4-7)21(18,19)10-13-12-9(20-10)11-6(2)15/h5,7H,3-4H2,1-2H3,(H,16,17)(H,11,12,15). The third kappa shape index (κ3) is 3.19. The van der Waals surface area contributed by atoms with E-state index in [1.807, 2.05) is 0 Å². The summed E-state index contributed by atoms with van der Waals surface area (Å²) in [5, 5.41) is 18.5. The number of carbonyl (C=O) groups excluding carboxylic acids is 1. The van der Waals surface area contributed by atoms with Crippen LogP contribution in [-0.2, 0) is 19.6 Å². The van der Waals surface area contributed by atoms with Crippen molar-refractivity contribution in [3.05, 3.63) is 0 Å². The molecule has 1 unspecified atom stereocenters. The van der Waals surface area contributed by atoms with Crippen LogP contribution in [0.1, 0.15) is 13.8 Å². The van der Waals surface area contributed by atoms with E-state index in [0.29, 0.717) is 0 Å². The number of hydrogen-bond acceptors (Lipinski definition) is 7. The summed E-state index contributed by atoms with van der Waals surface area (Å²) in [7, 11) is -3.78. The maximum Gasteiger partial charge on any atom is 0.306 e. The van der Waals surface area contributed by atoms with Crippen molar-refractivity contribution >= 4 is 38.4 Å². The highest BCUT2D eigenvalue weighted by Gasteiger charge is 2.42. The van der Waals surface area contributed by atoms with Crippen LogP contribution in [0.5, 0.6) is 0 Å².